The van der Waals surface area contributed by atoms with Crippen molar-refractivity contribution < 1.29 is 12.8 Å². The van der Waals surface area contributed by atoms with Crippen molar-refractivity contribution in [1.82, 2.24) is 9.71 Å². The second-order valence-electron chi connectivity index (χ2n) is 4.39. The van der Waals surface area contributed by atoms with Crippen LogP contribution in [-0.2, 0) is 16.6 Å². The second kappa shape index (κ2) is 6.13. The minimum absolute atomic E-state index is 0.183. The summed E-state index contributed by atoms with van der Waals surface area (Å²) in [6.07, 6.45) is 1.58. The van der Waals surface area contributed by atoms with Gasteiger partial charge >= 0.3 is 0 Å². The molecule has 1 N–H and O–H groups in total. The van der Waals surface area contributed by atoms with Gasteiger partial charge in [-0.3, -0.25) is 0 Å². The largest absolute Gasteiger partial charge is 0.462 e. The molecule has 3 aromatic rings. The highest BCUT2D eigenvalue weighted by Gasteiger charge is 2.18. The zero-order valence-corrected chi connectivity index (χ0v) is 14.6. The second-order valence-corrected chi connectivity index (χ2v) is 9.18. The average Bonchev–Trinajstić information content (AvgIpc) is 3.17. The third kappa shape index (κ3) is 3.26. The fourth-order valence-electron chi connectivity index (χ4n) is 1.77. The summed E-state index contributed by atoms with van der Waals surface area (Å²) in [4.78, 5) is 5.25. The molecule has 0 atom stereocenters. The number of aryl methyl sites for hydroxylation is 1. The molecule has 0 saturated carbocycles. The van der Waals surface area contributed by atoms with Crippen LogP contribution in [0.3, 0.4) is 0 Å². The van der Waals surface area contributed by atoms with Crippen molar-refractivity contribution in [1.29, 1.82) is 0 Å². The fraction of sp³-hybridized carbons (Fsp3) is 0.154. The number of nitrogens with one attached hydrogen (secondary N) is 1. The van der Waals surface area contributed by atoms with Gasteiger partial charge in [-0.2, -0.15) is 0 Å². The van der Waals surface area contributed by atoms with Crippen LogP contribution in [0.1, 0.15) is 10.6 Å². The van der Waals surface area contributed by atoms with E-state index in [0.29, 0.717) is 10.1 Å². The SMILES string of the molecule is Cc1nc(-c2ccco2)sc1CNS(=O)(=O)c1ccc(Cl)s1. The Balaban J connectivity index is 1.77. The molecule has 0 unspecified atom stereocenters. The molecule has 0 fully saturated rings. The van der Waals surface area contributed by atoms with E-state index in [-0.39, 0.29) is 10.8 Å². The molecule has 22 heavy (non-hydrogen) atoms. The third-order valence-corrected chi connectivity index (χ3v) is 7.16. The van der Waals surface area contributed by atoms with Crippen molar-refractivity contribution in [3.8, 4) is 10.8 Å². The molecule has 9 heteroatoms. The maximum atomic E-state index is 12.2. The Bertz CT molecular complexity index is 882. The molecule has 0 bridgehead atoms. The molecule has 0 aliphatic heterocycles. The molecule has 116 valence electrons. The predicted octanol–water partition coefficient (Wildman–Crippen LogP) is 3.90. The normalized spacial score (nSPS) is 11.9. The van der Waals surface area contributed by atoms with E-state index in [1.165, 1.54) is 17.4 Å². The maximum Gasteiger partial charge on any atom is 0.250 e. The quantitative estimate of drug-likeness (QED) is 0.735. The monoisotopic (exact) mass is 374 g/mol. The van der Waals surface area contributed by atoms with Gasteiger partial charge in [0.2, 0.25) is 10.0 Å². The van der Waals surface area contributed by atoms with Crippen LogP contribution >= 0.6 is 34.3 Å². The summed E-state index contributed by atoms with van der Waals surface area (Å²) in [6.45, 7) is 2.02. The number of aromatic nitrogens is 1. The lowest BCUT2D eigenvalue weighted by atomic mass is 10.4. The number of thiazole rings is 1. The number of rotatable bonds is 5. The van der Waals surface area contributed by atoms with E-state index < -0.39 is 10.0 Å². The summed E-state index contributed by atoms with van der Waals surface area (Å²) in [5.41, 5.74) is 0.781. The van der Waals surface area contributed by atoms with Crippen LogP contribution < -0.4 is 4.72 Å². The molecule has 0 saturated heterocycles. The molecular weight excluding hydrogens is 364 g/mol. The fourth-order valence-corrected chi connectivity index (χ4v) is 5.36. The first-order chi connectivity index (χ1) is 10.5. The molecular formula is C13H11ClN2O3S3. The third-order valence-electron chi connectivity index (χ3n) is 2.86. The van der Waals surface area contributed by atoms with Crippen molar-refractivity contribution in [3.05, 3.63) is 45.4 Å². The smallest absolute Gasteiger partial charge is 0.250 e. The minimum Gasteiger partial charge on any atom is -0.462 e. The molecule has 0 amide bonds. The highest BCUT2D eigenvalue weighted by Crippen LogP contribution is 2.29. The van der Waals surface area contributed by atoms with Crippen molar-refractivity contribution in [2.24, 2.45) is 0 Å². The molecule has 3 heterocycles. The van der Waals surface area contributed by atoms with E-state index in [0.717, 1.165) is 26.9 Å². The number of nitrogens with zero attached hydrogens (tertiary/aromatic N) is 1. The van der Waals surface area contributed by atoms with Crippen LogP contribution in [0.5, 0.6) is 0 Å². The molecule has 5 nitrogen and oxygen atoms in total. The van der Waals surface area contributed by atoms with E-state index >= 15 is 0 Å². The first-order valence-corrected chi connectivity index (χ1v) is 9.70. The Hall–Kier alpha value is -1.19. The van der Waals surface area contributed by atoms with Crippen molar-refractivity contribution in [2.45, 2.75) is 17.7 Å². The van der Waals surface area contributed by atoms with Gasteiger partial charge in [-0.1, -0.05) is 11.6 Å². The number of furan rings is 1. The van der Waals surface area contributed by atoms with Gasteiger partial charge in [0.05, 0.1) is 16.3 Å². The summed E-state index contributed by atoms with van der Waals surface area (Å²) < 4.78 is 32.9. The first kappa shape index (κ1) is 15.7. The Morgan fingerprint density at radius 2 is 2.14 bits per heavy atom. The molecule has 0 aliphatic carbocycles. The van der Waals surface area contributed by atoms with Crippen LogP contribution in [0.4, 0.5) is 0 Å². The Kier molecular flexibility index (Phi) is 4.37. The number of hydrogen-bond donors (Lipinski definition) is 1. The molecule has 3 aromatic heterocycles. The summed E-state index contributed by atoms with van der Waals surface area (Å²) in [5.74, 6) is 0.673. The lowest BCUT2D eigenvalue weighted by Gasteiger charge is -2.03. The van der Waals surface area contributed by atoms with Gasteiger partial charge in [0.15, 0.2) is 10.8 Å². The van der Waals surface area contributed by atoms with Crippen molar-refractivity contribution in [3.63, 3.8) is 0 Å². The Labute approximate surface area is 140 Å². The molecule has 0 radical (unpaired) electrons. The Morgan fingerprint density at radius 1 is 1.32 bits per heavy atom. The number of halogens is 1. The zero-order valence-electron chi connectivity index (χ0n) is 11.4. The maximum absolute atomic E-state index is 12.2. The van der Waals surface area contributed by atoms with Crippen LogP contribution in [0.2, 0.25) is 4.34 Å². The number of hydrogen-bond acceptors (Lipinski definition) is 6. The zero-order chi connectivity index (χ0) is 15.7. The van der Waals surface area contributed by atoms with Gasteiger partial charge in [-0.15, -0.1) is 22.7 Å². The average molecular weight is 375 g/mol. The van der Waals surface area contributed by atoms with E-state index in [9.17, 15) is 8.42 Å². The van der Waals surface area contributed by atoms with E-state index in [1.54, 1.807) is 18.4 Å². The van der Waals surface area contributed by atoms with Gasteiger partial charge in [-0.25, -0.2) is 18.1 Å². The summed E-state index contributed by atoms with van der Waals surface area (Å²) in [7, 11) is -3.56. The lowest BCUT2D eigenvalue weighted by molar-refractivity contribution is 0.581. The van der Waals surface area contributed by atoms with E-state index in [1.807, 2.05) is 13.0 Å². The number of sulfonamides is 1. The van der Waals surface area contributed by atoms with Crippen LogP contribution in [0.25, 0.3) is 10.8 Å². The Morgan fingerprint density at radius 3 is 2.77 bits per heavy atom. The number of thiophene rings is 1. The first-order valence-electron chi connectivity index (χ1n) is 6.21. The van der Waals surface area contributed by atoms with E-state index in [2.05, 4.69) is 9.71 Å². The summed E-state index contributed by atoms with van der Waals surface area (Å²) >= 11 is 8.21. The predicted molar refractivity (Wildman–Crippen MR) is 87.9 cm³/mol. The van der Waals surface area contributed by atoms with Gasteiger partial charge in [0.1, 0.15) is 4.21 Å². The van der Waals surface area contributed by atoms with Gasteiger partial charge in [0, 0.05) is 11.4 Å². The van der Waals surface area contributed by atoms with Crippen LogP contribution in [0, 0.1) is 6.92 Å². The van der Waals surface area contributed by atoms with E-state index in [4.69, 9.17) is 16.0 Å². The minimum atomic E-state index is -3.56. The standard InChI is InChI=1S/C13H11ClN2O3S3/c1-8-10(20-13(16-8)9-3-2-6-19-9)7-15-22(17,18)12-5-4-11(14)21-12/h2-6,15H,7H2,1H3. The highest BCUT2D eigenvalue weighted by atomic mass is 35.5. The van der Waals surface area contributed by atoms with Gasteiger partial charge in [-0.05, 0) is 31.2 Å². The molecule has 0 spiro atoms. The van der Waals surface area contributed by atoms with Gasteiger partial charge < -0.3 is 4.42 Å². The van der Waals surface area contributed by atoms with Gasteiger partial charge in [0.25, 0.3) is 0 Å². The topological polar surface area (TPSA) is 72.2 Å². The summed E-state index contributed by atoms with van der Waals surface area (Å²) in [5, 5.41) is 0.732. The highest BCUT2D eigenvalue weighted by molar-refractivity contribution is 7.91. The van der Waals surface area contributed by atoms with Crippen LogP contribution in [0.15, 0.2) is 39.2 Å². The molecule has 3 rings (SSSR count). The van der Waals surface area contributed by atoms with Crippen molar-refractivity contribution >= 4 is 44.3 Å². The summed E-state index contributed by atoms with van der Waals surface area (Å²) in [6, 6.07) is 6.66. The lowest BCUT2D eigenvalue weighted by Crippen LogP contribution is -2.22. The van der Waals surface area contributed by atoms with Crippen molar-refractivity contribution in [2.75, 3.05) is 0 Å². The van der Waals surface area contributed by atoms with Crippen LogP contribution in [-0.4, -0.2) is 13.4 Å². The molecule has 0 aliphatic rings. The molecule has 0 aromatic carbocycles.